The van der Waals surface area contributed by atoms with E-state index in [1.54, 1.807) is 11.0 Å². The van der Waals surface area contributed by atoms with Crippen molar-refractivity contribution >= 4 is 11.8 Å². The first-order chi connectivity index (χ1) is 12.1. The normalized spacial score (nSPS) is 16.7. The van der Waals surface area contributed by atoms with Crippen molar-refractivity contribution < 1.29 is 14.0 Å². The molecule has 1 atom stereocenters. The molecule has 3 rings (SSSR count). The van der Waals surface area contributed by atoms with E-state index in [-0.39, 0.29) is 17.9 Å². The lowest BCUT2D eigenvalue weighted by Gasteiger charge is -2.17. The van der Waals surface area contributed by atoms with Gasteiger partial charge in [0, 0.05) is 31.1 Å². The highest BCUT2D eigenvalue weighted by Crippen LogP contribution is 2.13. The highest BCUT2D eigenvalue weighted by Gasteiger charge is 2.27. The minimum atomic E-state index is -0.434. The Morgan fingerprint density at radius 2 is 1.92 bits per heavy atom. The average molecular weight is 340 g/mol. The molecule has 130 valence electrons. The lowest BCUT2D eigenvalue weighted by molar-refractivity contribution is -0.130. The molecule has 5 heteroatoms. The Labute approximate surface area is 146 Å². The summed E-state index contributed by atoms with van der Waals surface area (Å²) >= 11 is 0. The van der Waals surface area contributed by atoms with Crippen LogP contribution in [-0.4, -0.2) is 35.8 Å². The predicted molar refractivity (Wildman–Crippen MR) is 93.6 cm³/mol. The van der Waals surface area contributed by atoms with Crippen LogP contribution in [0.25, 0.3) is 0 Å². The molecule has 0 bridgehead atoms. The third-order valence-electron chi connectivity index (χ3n) is 4.43. The molecule has 1 aliphatic rings. The van der Waals surface area contributed by atoms with Crippen molar-refractivity contribution in [1.82, 2.24) is 10.2 Å². The third-order valence-corrected chi connectivity index (χ3v) is 4.43. The predicted octanol–water partition coefficient (Wildman–Crippen LogP) is 2.79. The Hall–Kier alpha value is -2.69. The summed E-state index contributed by atoms with van der Waals surface area (Å²) < 4.78 is 13.2. The monoisotopic (exact) mass is 340 g/mol. The van der Waals surface area contributed by atoms with Crippen molar-refractivity contribution in [3.05, 3.63) is 71.5 Å². The van der Waals surface area contributed by atoms with Gasteiger partial charge in [-0.25, -0.2) is 4.39 Å². The zero-order chi connectivity index (χ0) is 17.6. The maximum atomic E-state index is 13.2. The Bertz CT molecular complexity index is 748. The van der Waals surface area contributed by atoms with E-state index in [9.17, 15) is 14.0 Å². The summed E-state index contributed by atoms with van der Waals surface area (Å²) in [5.74, 6) is -0.633. The summed E-state index contributed by atoms with van der Waals surface area (Å²) in [4.78, 5) is 26.3. The number of likely N-dealkylation sites (tertiary alicyclic amines) is 1. The van der Waals surface area contributed by atoms with Gasteiger partial charge in [0.1, 0.15) is 5.82 Å². The van der Waals surface area contributed by atoms with Gasteiger partial charge in [0.2, 0.25) is 5.91 Å². The van der Waals surface area contributed by atoms with E-state index >= 15 is 0 Å². The standard InChI is InChI=1S/C20H21FN2O2/c21-17-8-4-7-16(13-17)20(25)22-18-11-12-23(14-18)19(24)10-9-15-5-2-1-3-6-15/h1-8,13,18H,9-12,14H2,(H,22,25). The summed E-state index contributed by atoms with van der Waals surface area (Å²) in [7, 11) is 0. The molecule has 1 unspecified atom stereocenters. The van der Waals surface area contributed by atoms with Gasteiger partial charge in [-0.05, 0) is 36.6 Å². The largest absolute Gasteiger partial charge is 0.347 e. The maximum Gasteiger partial charge on any atom is 0.251 e. The Morgan fingerprint density at radius 3 is 2.68 bits per heavy atom. The fourth-order valence-corrected chi connectivity index (χ4v) is 3.06. The van der Waals surface area contributed by atoms with E-state index in [0.29, 0.717) is 25.1 Å². The third kappa shape index (κ3) is 4.66. The van der Waals surface area contributed by atoms with Crippen molar-refractivity contribution in [2.45, 2.75) is 25.3 Å². The zero-order valence-electron chi connectivity index (χ0n) is 14.0. The van der Waals surface area contributed by atoms with Gasteiger partial charge >= 0.3 is 0 Å². The highest BCUT2D eigenvalue weighted by molar-refractivity contribution is 5.94. The molecule has 1 saturated heterocycles. The summed E-state index contributed by atoms with van der Waals surface area (Å²) in [6, 6.07) is 15.4. The quantitative estimate of drug-likeness (QED) is 0.910. The molecule has 2 aromatic rings. The second kappa shape index (κ2) is 7.92. The smallest absolute Gasteiger partial charge is 0.251 e. The molecule has 2 amide bonds. The zero-order valence-corrected chi connectivity index (χ0v) is 14.0. The number of carbonyl (C=O) groups excluding carboxylic acids is 2. The number of rotatable bonds is 5. The van der Waals surface area contributed by atoms with Gasteiger partial charge in [-0.1, -0.05) is 36.4 Å². The number of amides is 2. The van der Waals surface area contributed by atoms with Crippen LogP contribution < -0.4 is 5.32 Å². The minimum absolute atomic E-state index is 0.0866. The molecule has 0 aromatic heterocycles. The van der Waals surface area contributed by atoms with Crippen LogP contribution in [0.4, 0.5) is 4.39 Å². The van der Waals surface area contributed by atoms with Crippen molar-refractivity contribution in [2.75, 3.05) is 13.1 Å². The Balaban J connectivity index is 1.48. The fourth-order valence-electron chi connectivity index (χ4n) is 3.06. The molecule has 0 radical (unpaired) electrons. The van der Waals surface area contributed by atoms with Gasteiger partial charge in [-0.3, -0.25) is 9.59 Å². The van der Waals surface area contributed by atoms with Crippen LogP contribution in [0.15, 0.2) is 54.6 Å². The van der Waals surface area contributed by atoms with Crippen molar-refractivity contribution in [3.63, 3.8) is 0 Å². The number of benzene rings is 2. The molecule has 1 aliphatic heterocycles. The summed E-state index contributed by atoms with van der Waals surface area (Å²) in [6.07, 6.45) is 1.91. The number of carbonyl (C=O) groups is 2. The van der Waals surface area contributed by atoms with E-state index in [0.717, 1.165) is 18.4 Å². The molecule has 1 fully saturated rings. The van der Waals surface area contributed by atoms with Gasteiger partial charge in [-0.2, -0.15) is 0 Å². The molecule has 1 N–H and O–H groups in total. The first kappa shape index (κ1) is 17.1. The van der Waals surface area contributed by atoms with E-state index in [1.807, 2.05) is 30.3 Å². The first-order valence-corrected chi connectivity index (χ1v) is 8.50. The van der Waals surface area contributed by atoms with Crippen LogP contribution in [0.5, 0.6) is 0 Å². The van der Waals surface area contributed by atoms with Crippen LogP contribution in [0, 0.1) is 5.82 Å². The van der Waals surface area contributed by atoms with Crippen LogP contribution >= 0.6 is 0 Å². The molecular weight excluding hydrogens is 319 g/mol. The first-order valence-electron chi connectivity index (χ1n) is 8.50. The molecule has 0 aliphatic carbocycles. The SMILES string of the molecule is O=C(NC1CCN(C(=O)CCc2ccccc2)C1)c1cccc(F)c1. The summed E-state index contributed by atoms with van der Waals surface area (Å²) in [5.41, 5.74) is 1.44. The van der Waals surface area contributed by atoms with Gasteiger partial charge in [0.15, 0.2) is 0 Å². The minimum Gasteiger partial charge on any atom is -0.347 e. The van der Waals surface area contributed by atoms with E-state index < -0.39 is 5.82 Å². The second-order valence-corrected chi connectivity index (χ2v) is 6.29. The average Bonchev–Trinajstić information content (AvgIpc) is 3.09. The molecule has 4 nitrogen and oxygen atoms in total. The van der Waals surface area contributed by atoms with E-state index in [4.69, 9.17) is 0 Å². The number of hydrogen-bond acceptors (Lipinski definition) is 2. The Morgan fingerprint density at radius 1 is 1.12 bits per heavy atom. The maximum absolute atomic E-state index is 13.2. The second-order valence-electron chi connectivity index (χ2n) is 6.29. The van der Waals surface area contributed by atoms with Gasteiger partial charge in [0.25, 0.3) is 5.91 Å². The fraction of sp³-hybridized carbons (Fsp3) is 0.300. The molecule has 0 spiro atoms. The number of nitrogens with one attached hydrogen (secondary N) is 1. The number of halogens is 1. The van der Waals surface area contributed by atoms with Gasteiger partial charge in [-0.15, -0.1) is 0 Å². The molecular formula is C20H21FN2O2. The van der Waals surface area contributed by atoms with Crippen LogP contribution in [0.1, 0.15) is 28.8 Å². The van der Waals surface area contributed by atoms with Crippen LogP contribution in [-0.2, 0) is 11.2 Å². The molecule has 1 heterocycles. The summed E-state index contributed by atoms with van der Waals surface area (Å²) in [5, 5.41) is 2.88. The Kier molecular flexibility index (Phi) is 5.43. The molecule has 2 aromatic carbocycles. The summed E-state index contributed by atoms with van der Waals surface area (Å²) in [6.45, 7) is 1.15. The van der Waals surface area contributed by atoms with Crippen LogP contribution in [0.2, 0.25) is 0 Å². The number of aryl methyl sites for hydroxylation is 1. The molecule has 0 saturated carbocycles. The van der Waals surface area contributed by atoms with Crippen molar-refractivity contribution in [2.24, 2.45) is 0 Å². The van der Waals surface area contributed by atoms with Crippen LogP contribution in [0.3, 0.4) is 0 Å². The number of hydrogen-bond donors (Lipinski definition) is 1. The highest BCUT2D eigenvalue weighted by atomic mass is 19.1. The van der Waals surface area contributed by atoms with E-state index in [1.165, 1.54) is 18.2 Å². The molecule has 25 heavy (non-hydrogen) atoms. The van der Waals surface area contributed by atoms with Crippen molar-refractivity contribution in [3.8, 4) is 0 Å². The lowest BCUT2D eigenvalue weighted by Crippen LogP contribution is -2.38. The lowest BCUT2D eigenvalue weighted by atomic mass is 10.1. The van der Waals surface area contributed by atoms with Gasteiger partial charge in [0.05, 0.1) is 0 Å². The topological polar surface area (TPSA) is 49.4 Å². The van der Waals surface area contributed by atoms with E-state index in [2.05, 4.69) is 5.32 Å². The van der Waals surface area contributed by atoms with Crippen molar-refractivity contribution in [1.29, 1.82) is 0 Å². The number of nitrogens with zero attached hydrogens (tertiary/aromatic N) is 1. The van der Waals surface area contributed by atoms with Gasteiger partial charge < -0.3 is 10.2 Å².